The Balaban J connectivity index is 2.29. The van der Waals surface area contributed by atoms with Gasteiger partial charge in [0.1, 0.15) is 4.88 Å². The lowest BCUT2D eigenvalue weighted by Gasteiger charge is -2.04. The van der Waals surface area contributed by atoms with E-state index in [9.17, 15) is 18.3 Å². The van der Waals surface area contributed by atoms with E-state index in [4.69, 9.17) is 0 Å². The molecule has 0 bridgehead atoms. The second kappa shape index (κ2) is 4.70. The monoisotopic (exact) mass is 273 g/mol. The Morgan fingerprint density at radius 3 is 2.28 bits per heavy atom. The number of benzene rings is 1. The molecule has 1 aromatic heterocycles. The van der Waals surface area contributed by atoms with Crippen LogP contribution >= 0.6 is 11.5 Å². The molecule has 0 saturated carbocycles. The van der Waals surface area contributed by atoms with Crippen LogP contribution in [0.5, 0.6) is 0 Å². The minimum atomic E-state index is -4.35. The molecule has 1 aromatic carbocycles. The molecule has 18 heavy (non-hydrogen) atoms. The second-order valence-corrected chi connectivity index (χ2v) is 4.68. The molecule has 0 spiro atoms. The van der Waals surface area contributed by atoms with Gasteiger partial charge >= 0.3 is 6.18 Å². The number of rotatable bonds is 2. The topological polar surface area (TPSA) is 33.1 Å². The molecule has 0 aliphatic rings. The Hall–Kier alpha value is -1.40. The second-order valence-electron chi connectivity index (χ2n) is 3.87. The largest absolute Gasteiger partial charge is 0.427 e. The Bertz CT molecular complexity index is 531. The van der Waals surface area contributed by atoms with Gasteiger partial charge in [-0.05, 0) is 30.1 Å². The zero-order valence-corrected chi connectivity index (χ0v) is 10.2. The molecule has 2 aromatic rings. The lowest BCUT2D eigenvalue weighted by atomic mass is 10.1. The molecule has 0 aliphatic carbocycles. The SMILES string of the molecule is CC(O)c1ccc(-c2cc(C(F)(F)F)sn2)cc1. The van der Waals surface area contributed by atoms with E-state index >= 15 is 0 Å². The van der Waals surface area contributed by atoms with Gasteiger partial charge in [0.05, 0.1) is 11.8 Å². The quantitative estimate of drug-likeness (QED) is 0.900. The summed E-state index contributed by atoms with van der Waals surface area (Å²) in [5, 5.41) is 9.33. The maximum absolute atomic E-state index is 12.4. The summed E-state index contributed by atoms with van der Waals surface area (Å²) < 4.78 is 41.1. The van der Waals surface area contributed by atoms with Gasteiger partial charge in [-0.15, -0.1) is 0 Å². The predicted molar refractivity (Wildman–Crippen MR) is 63.2 cm³/mol. The molecule has 1 unspecified atom stereocenters. The van der Waals surface area contributed by atoms with Crippen molar-refractivity contribution < 1.29 is 18.3 Å². The van der Waals surface area contributed by atoms with Crippen LogP contribution in [0.1, 0.15) is 23.5 Å². The molecule has 1 heterocycles. The van der Waals surface area contributed by atoms with Gasteiger partial charge in [0.2, 0.25) is 0 Å². The average Bonchev–Trinajstić information content (AvgIpc) is 2.78. The van der Waals surface area contributed by atoms with Crippen LogP contribution in [-0.4, -0.2) is 9.48 Å². The summed E-state index contributed by atoms with van der Waals surface area (Å²) in [4.78, 5) is -0.711. The van der Waals surface area contributed by atoms with Gasteiger partial charge < -0.3 is 5.11 Å². The van der Waals surface area contributed by atoms with Gasteiger partial charge in [-0.1, -0.05) is 24.3 Å². The Morgan fingerprint density at radius 1 is 1.22 bits per heavy atom. The molecule has 6 heteroatoms. The summed E-state index contributed by atoms with van der Waals surface area (Å²) in [7, 11) is 0. The molecule has 0 radical (unpaired) electrons. The lowest BCUT2D eigenvalue weighted by molar-refractivity contribution is -0.134. The Morgan fingerprint density at radius 2 is 1.83 bits per heavy atom. The molecule has 96 valence electrons. The van der Waals surface area contributed by atoms with E-state index < -0.39 is 17.2 Å². The highest BCUT2D eigenvalue weighted by atomic mass is 32.1. The third-order valence-corrected chi connectivity index (χ3v) is 3.31. The number of nitrogens with zero attached hydrogens (tertiary/aromatic N) is 1. The van der Waals surface area contributed by atoms with E-state index in [0.29, 0.717) is 28.4 Å². The van der Waals surface area contributed by atoms with E-state index in [1.165, 1.54) is 0 Å². The van der Waals surface area contributed by atoms with Gasteiger partial charge in [-0.25, -0.2) is 0 Å². The fourth-order valence-corrected chi connectivity index (χ4v) is 2.10. The first kappa shape index (κ1) is 13.0. The van der Waals surface area contributed by atoms with Crippen LogP contribution in [0.3, 0.4) is 0 Å². The third kappa shape index (κ3) is 2.70. The Labute approximate surface area is 106 Å². The van der Waals surface area contributed by atoms with E-state index in [1.807, 2.05) is 0 Å². The van der Waals surface area contributed by atoms with Gasteiger partial charge in [0.15, 0.2) is 0 Å². The fourth-order valence-electron chi connectivity index (χ4n) is 1.48. The standard InChI is InChI=1S/C12H10F3NOS/c1-7(17)8-2-4-9(5-3-8)10-6-11(18-16-10)12(13,14)15/h2-7,17H,1H3. The summed E-state index contributed by atoms with van der Waals surface area (Å²) >= 11 is 0.437. The van der Waals surface area contributed by atoms with Crippen LogP contribution in [0.25, 0.3) is 11.3 Å². The van der Waals surface area contributed by atoms with E-state index in [1.54, 1.807) is 31.2 Å². The summed E-state index contributed by atoms with van der Waals surface area (Å²) in [6, 6.07) is 7.68. The fraction of sp³-hybridized carbons (Fsp3) is 0.250. The minimum absolute atomic E-state index is 0.296. The van der Waals surface area contributed by atoms with Crippen LogP contribution in [0.15, 0.2) is 30.3 Å². The molecule has 0 fully saturated rings. The summed E-state index contributed by atoms with van der Waals surface area (Å²) in [5.41, 5.74) is 1.61. The number of aliphatic hydroxyl groups is 1. The first-order chi connectivity index (χ1) is 8.38. The van der Waals surface area contributed by atoms with Gasteiger partial charge in [-0.2, -0.15) is 17.5 Å². The first-order valence-electron chi connectivity index (χ1n) is 5.20. The highest BCUT2D eigenvalue weighted by molar-refractivity contribution is 7.06. The number of hydrogen-bond donors (Lipinski definition) is 1. The highest BCUT2D eigenvalue weighted by Gasteiger charge is 2.33. The van der Waals surface area contributed by atoms with Crippen molar-refractivity contribution in [3.63, 3.8) is 0 Å². The number of alkyl halides is 3. The minimum Gasteiger partial charge on any atom is -0.389 e. The van der Waals surface area contributed by atoms with Crippen molar-refractivity contribution >= 4 is 11.5 Å². The summed E-state index contributed by atoms with van der Waals surface area (Å²) in [6.07, 6.45) is -4.95. The highest BCUT2D eigenvalue weighted by Crippen LogP contribution is 2.35. The summed E-state index contributed by atoms with van der Waals surface area (Å²) in [5.74, 6) is 0. The predicted octanol–water partition coefficient (Wildman–Crippen LogP) is 3.88. The maximum Gasteiger partial charge on any atom is 0.427 e. The molecular weight excluding hydrogens is 263 g/mol. The van der Waals surface area contributed by atoms with E-state index in [0.717, 1.165) is 6.07 Å². The molecule has 0 amide bonds. The van der Waals surface area contributed by atoms with Gasteiger partial charge in [0, 0.05) is 5.56 Å². The molecule has 2 rings (SSSR count). The van der Waals surface area contributed by atoms with Crippen molar-refractivity contribution in [2.75, 3.05) is 0 Å². The number of aromatic nitrogens is 1. The van der Waals surface area contributed by atoms with Crippen molar-refractivity contribution in [3.05, 3.63) is 40.8 Å². The van der Waals surface area contributed by atoms with Crippen LogP contribution in [0, 0.1) is 0 Å². The van der Waals surface area contributed by atoms with E-state index in [2.05, 4.69) is 4.37 Å². The Kier molecular flexibility index (Phi) is 3.41. The molecule has 1 atom stereocenters. The molecular formula is C12H10F3NOS. The van der Waals surface area contributed by atoms with Crippen LogP contribution in [0.4, 0.5) is 13.2 Å². The lowest BCUT2D eigenvalue weighted by Crippen LogP contribution is -2.00. The first-order valence-corrected chi connectivity index (χ1v) is 5.97. The third-order valence-electron chi connectivity index (χ3n) is 2.48. The zero-order valence-electron chi connectivity index (χ0n) is 9.40. The average molecular weight is 273 g/mol. The van der Waals surface area contributed by atoms with Crippen LogP contribution < -0.4 is 0 Å². The summed E-state index contributed by atoms with van der Waals surface area (Å²) in [6.45, 7) is 1.62. The van der Waals surface area contributed by atoms with Crippen LogP contribution in [-0.2, 0) is 6.18 Å². The van der Waals surface area contributed by atoms with Gasteiger partial charge in [0.25, 0.3) is 0 Å². The van der Waals surface area contributed by atoms with Crippen molar-refractivity contribution in [3.8, 4) is 11.3 Å². The maximum atomic E-state index is 12.4. The normalized spacial score (nSPS) is 13.6. The number of hydrogen-bond acceptors (Lipinski definition) is 3. The molecule has 1 N–H and O–H groups in total. The van der Waals surface area contributed by atoms with Crippen molar-refractivity contribution in [2.24, 2.45) is 0 Å². The smallest absolute Gasteiger partial charge is 0.389 e. The molecule has 2 nitrogen and oxygen atoms in total. The van der Waals surface area contributed by atoms with E-state index in [-0.39, 0.29) is 0 Å². The zero-order chi connectivity index (χ0) is 13.3. The van der Waals surface area contributed by atoms with Crippen molar-refractivity contribution in [2.45, 2.75) is 19.2 Å². The van der Waals surface area contributed by atoms with Crippen molar-refractivity contribution in [1.29, 1.82) is 0 Å². The molecule has 0 saturated heterocycles. The van der Waals surface area contributed by atoms with Gasteiger partial charge in [-0.3, -0.25) is 0 Å². The van der Waals surface area contributed by atoms with Crippen LogP contribution in [0.2, 0.25) is 0 Å². The number of aliphatic hydroxyl groups excluding tert-OH is 1. The van der Waals surface area contributed by atoms with Crippen molar-refractivity contribution in [1.82, 2.24) is 4.37 Å². The molecule has 0 aliphatic heterocycles. The number of halogens is 3.